The maximum Gasteiger partial charge on any atom is 0.344 e. The van der Waals surface area contributed by atoms with Gasteiger partial charge in [0.1, 0.15) is 5.75 Å². The second kappa shape index (κ2) is 8.29. The van der Waals surface area contributed by atoms with Gasteiger partial charge in [-0.15, -0.1) is 0 Å². The van der Waals surface area contributed by atoms with Crippen molar-refractivity contribution in [1.29, 1.82) is 0 Å². The van der Waals surface area contributed by atoms with E-state index in [1.807, 2.05) is 39.8 Å². The number of amides is 1. The fourth-order valence-electron chi connectivity index (χ4n) is 1.62. The Morgan fingerprint density at radius 3 is 2.62 bits per heavy atom. The fourth-order valence-corrected chi connectivity index (χ4v) is 1.62. The molecule has 1 rings (SSSR count). The highest BCUT2D eigenvalue weighted by molar-refractivity contribution is 5.81. The molecule has 0 aliphatic carbocycles. The Morgan fingerprint density at radius 1 is 1.24 bits per heavy atom. The molecule has 5 heteroatoms. The summed E-state index contributed by atoms with van der Waals surface area (Å²) in [5.41, 5.74) is 2.08. The maximum absolute atomic E-state index is 11.5. The van der Waals surface area contributed by atoms with Gasteiger partial charge in [-0.1, -0.05) is 19.1 Å². The van der Waals surface area contributed by atoms with Crippen LogP contribution in [0.4, 0.5) is 0 Å². The molecule has 1 aromatic carbocycles. The van der Waals surface area contributed by atoms with E-state index in [-0.39, 0.29) is 25.2 Å². The summed E-state index contributed by atoms with van der Waals surface area (Å²) in [6.45, 7) is 7.27. The molecule has 116 valence electrons. The molecule has 0 saturated carbocycles. The van der Waals surface area contributed by atoms with Crippen molar-refractivity contribution in [3.63, 3.8) is 0 Å². The summed E-state index contributed by atoms with van der Waals surface area (Å²) in [7, 11) is 0. The van der Waals surface area contributed by atoms with Crippen LogP contribution < -0.4 is 10.1 Å². The van der Waals surface area contributed by atoms with Crippen LogP contribution in [0.2, 0.25) is 0 Å². The highest BCUT2D eigenvalue weighted by atomic mass is 16.6. The first-order valence-electron chi connectivity index (χ1n) is 7.08. The number of carbonyl (C=O) groups excluding carboxylic acids is 2. The van der Waals surface area contributed by atoms with Crippen LogP contribution in [0.3, 0.4) is 0 Å². The Bertz CT molecular complexity index is 499. The average Bonchev–Trinajstić information content (AvgIpc) is 2.46. The second-order valence-corrected chi connectivity index (χ2v) is 5.02. The van der Waals surface area contributed by atoms with Crippen LogP contribution in [0.5, 0.6) is 5.75 Å². The molecular formula is C16H23NO4. The van der Waals surface area contributed by atoms with Crippen molar-refractivity contribution < 1.29 is 19.1 Å². The highest BCUT2D eigenvalue weighted by Gasteiger charge is 2.11. The number of rotatable bonds is 7. The summed E-state index contributed by atoms with van der Waals surface area (Å²) in [5, 5.41) is 2.72. The zero-order chi connectivity index (χ0) is 15.8. The van der Waals surface area contributed by atoms with Gasteiger partial charge in [0.15, 0.2) is 13.2 Å². The zero-order valence-corrected chi connectivity index (χ0v) is 13.1. The topological polar surface area (TPSA) is 64.6 Å². The smallest absolute Gasteiger partial charge is 0.344 e. The van der Waals surface area contributed by atoms with Gasteiger partial charge >= 0.3 is 5.97 Å². The molecule has 5 nitrogen and oxygen atoms in total. The first-order chi connectivity index (χ1) is 9.93. The van der Waals surface area contributed by atoms with Crippen LogP contribution in [0.1, 0.15) is 31.4 Å². The Hall–Kier alpha value is -2.04. The monoisotopic (exact) mass is 293 g/mol. The van der Waals surface area contributed by atoms with Crippen molar-refractivity contribution >= 4 is 11.9 Å². The van der Waals surface area contributed by atoms with E-state index < -0.39 is 5.97 Å². The third kappa shape index (κ3) is 5.85. The van der Waals surface area contributed by atoms with Gasteiger partial charge in [0.05, 0.1) is 0 Å². The van der Waals surface area contributed by atoms with Crippen molar-refractivity contribution in [2.45, 2.75) is 40.2 Å². The molecule has 0 radical (unpaired) electrons. The molecule has 0 aliphatic rings. The van der Waals surface area contributed by atoms with Crippen LogP contribution in [-0.4, -0.2) is 31.1 Å². The van der Waals surface area contributed by atoms with Crippen LogP contribution in [0, 0.1) is 13.8 Å². The van der Waals surface area contributed by atoms with E-state index in [0.29, 0.717) is 5.75 Å². The summed E-state index contributed by atoms with van der Waals surface area (Å²) in [5.74, 6) is -0.212. The number of benzene rings is 1. The summed E-state index contributed by atoms with van der Waals surface area (Å²) in [6.07, 6.45) is 0.829. The molecule has 0 aliphatic heterocycles. The van der Waals surface area contributed by atoms with E-state index in [0.717, 1.165) is 17.5 Å². The number of hydrogen-bond acceptors (Lipinski definition) is 4. The third-order valence-corrected chi connectivity index (χ3v) is 3.28. The number of esters is 1. The van der Waals surface area contributed by atoms with Crippen LogP contribution in [0.15, 0.2) is 18.2 Å². The Kier molecular flexibility index (Phi) is 6.72. The minimum absolute atomic E-state index is 0.0717. The first-order valence-corrected chi connectivity index (χ1v) is 7.08. The van der Waals surface area contributed by atoms with Gasteiger partial charge in [-0.25, -0.2) is 4.79 Å². The first kappa shape index (κ1) is 17.0. The molecule has 0 spiro atoms. The lowest BCUT2D eigenvalue weighted by atomic mass is 10.1. The molecule has 1 amide bonds. The van der Waals surface area contributed by atoms with Crippen molar-refractivity contribution in [3.05, 3.63) is 29.3 Å². The standard InChI is InChI=1S/C16H23NO4/c1-5-12(3)17-15(18)9-21-16(19)10-20-14-8-6-7-11(2)13(14)4/h6-8,12H,5,9-10H2,1-4H3,(H,17,18)/t12-/m0/s1. The van der Waals surface area contributed by atoms with Gasteiger partial charge in [0, 0.05) is 6.04 Å². The highest BCUT2D eigenvalue weighted by Crippen LogP contribution is 2.20. The Balaban J connectivity index is 2.34. The third-order valence-electron chi connectivity index (χ3n) is 3.28. The summed E-state index contributed by atoms with van der Waals surface area (Å²) in [6, 6.07) is 5.70. The van der Waals surface area contributed by atoms with Gasteiger partial charge in [-0.05, 0) is 44.4 Å². The van der Waals surface area contributed by atoms with Crippen molar-refractivity contribution in [2.75, 3.05) is 13.2 Å². The van der Waals surface area contributed by atoms with E-state index in [1.54, 1.807) is 6.07 Å². The summed E-state index contributed by atoms with van der Waals surface area (Å²) >= 11 is 0. The van der Waals surface area contributed by atoms with Gasteiger partial charge in [0.2, 0.25) is 0 Å². The normalized spacial score (nSPS) is 11.6. The molecule has 0 unspecified atom stereocenters. The molecule has 1 aromatic rings. The molecule has 0 heterocycles. The molecular weight excluding hydrogens is 270 g/mol. The van der Waals surface area contributed by atoms with Gasteiger partial charge in [0.25, 0.3) is 5.91 Å². The van der Waals surface area contributed by atoms with Crippen molar-refractivity contribution in [1.82, 2.24) is 5.32 Å². The van der Waals surface area contributed by atoms with Gasteiger partial charge in [-0.2, -0.15) is 0 Å². The van der Waals surface area contributed by atoms with E-state index in [4.69, 9.17) is 9.47 Å². The molecule has 0 saturated heterocycles. The molecule has 1 atom stereocenters. The maximum atomic E-state index is 11.5. The predicted molar refractivity (Wildman–Crippen MR) is 80.3 cm³/mol. The molecule has 0 aromatic heterocycles. The minimum atomic E-state index is -0.560. The summed E-state index contributed by atoms with van der Waals surface area (Å²) < 4.78 is 10.3. The lowest BCUT2D eigenvalue weighted by molar-refractivity contribution is -0.150. The summed E-state index contributed by atoms with van der Waals surface area (Å²) in [4.78, 5) is 23.0. The van der Waals surface area contributed by atoms with Crippen molar-refractivity contribution in [2.24, 2.45) is 0 Å². The molecule has 0 fully saturated rings. The predicted octanol–water partition coefficient (Wildman–Crippen LogP) is 2.14. The Morgan fingerprint density at radius 2 is 1.95 bits per heavy atom. The number of hydrogen-bond donors (Lipinski definition) is 1. The molecule has 1 N–H and O–H groups in total. The van der Waals surface area contributed by atoms with Gasteiger partial charge in [-0.3, -0.25) is 4.79 Å². The average molecular weight is 293 g/mol. The fraction of sp³-hybridized carbons (Fsp3) is 0.500. The van der Waals surface area contributed by atoms with Gasteiger partial charge < -0.3 is 14.8 Å². The second-order valence-electron chi connectivity index (χ2n) is 5.02. The zero-order valence-electron chi connectivity index (χ0n) is 13.1. The number of aryl methyl sites for hydroxylation is 1. The SMILES string of the molecule is CC[C@H](C)NC(=O)COC(=O)COc1cccc(C)c1C. The lowest BCUT2D eigenvalue weighted by Crippen LogP contribution is -2.35. The van der Waals surface area contributed by atoms with E-state index in [9.17, 15) is 9.59 Å². The van der Waals surface area contributed by atoms with Crippen molar-refractivity contribution in [3.8, 4) is 5.75 Å². The van der Waals surface area contributed by atoms with E-state index in [2.05, 4.69) is 5.32 Å². The van der Waals surface area contributed by atoms with E-state index >= 15 is 0 Å². The lowest BCUT2D eigenvalue weighted by Gasteiger charge is -2.12. The molecule has 21 heavy (non-hydrogen) atoms. The number of carbonyl (C=O) groups is 2. The Labute approximate surface area is 125 Å². The minimum Gasteiger partial charge on any atom is -0.482 e. The number of ether oxygens (including phenoxy) is 2. The largest absolute Gasteiger partial charge is 0.482 e. The van der Waals surface area contributed by atoms with Crippen LogP contribution >= 0.6 is 0 Å². The van der Waals surface area contributed by atoms with Crippen LogP contribution in [0.25, 0.3) is 0 Å². The molecule has 0 bridgehead atoms. The quantitative estimate of drug-likeness (QED) is 0.782. The number of nitrogens with one attached hydrogen (secondary N) is 1. The van der Waals surface area contributed by atoms with E-state index in [1.165, 1.54) is 0 Å². The van der Waals surface area contributed by atoms with Crippen LogP contribution in [-0.2, 0) is 14.3 Å².